The summed E-state index contributed by atoms with van der Waals surface area (Å²) in [5.41, 5.74) is 20.9. The average molecular weight is 653 g/mol. The van der Waals surface area contributed by atoms with E-state index in [1.807, 2.05) is 25.3 Å². The molecule has 0 aliphatic carbocycles. The van der Waals surface area contributed by atoms with Crippen LogP contribution in [0.4, 0.5) is 4.39 Å². The standard InChI is InChI=1S/C33H42ClFN8OS/c1-19(37)5-3-6-20-13-25(31(35)26(34)14-20)28-15-21-18-43(33(44)42-32(21)41-28)23-9-10-24(29(16-23)45-2)27-8-4-7-22(40-27)11-12-39-30(38)17-36/h9-10,13-16,18-19,22,27,40H,3-8,11-12,17,36-37H2,1-2H3,(H2,38,39)(H,41,42,44)/t19-,22-,27-/m0/s1. The predicted molar refractivity (Wildman–Crippen MR) is 184 cm³/mol. The summed E-state index contributed by atoms with van der Waals surface area (Å²) in [5.74, 6) is -0.0310. The van der Waals surface area contributed by atoms with Gasteiger partial charge in [0.15, 0.2) is 5.82 Å². The Labute approximate surface area is 272 Å². The van der Waals surface area contributed by atoms with E-state index in [2.05, 4.69) is 26.3 Å². The van der Waals surface area contributed by atoms with Crippen molar-refractivity contribution >= 4 is 40.2 Å². The number of aliphatic imine (C=N–C) groups is 1. The Morgan fingerprint density at radius 2 is 2.09 bits per heavy atom. The number of hydrogen-bond donors (Lipinski definition) is 5. The van der Waals surface area contributed by atoms with Crippen LogP contribution in [0.15, 0.2) is 57.3 Å². The highest BCUT2D eigenvalue weighted by Gasteiger charge is 2.24. The van der Waals surface area contributed by atoms with Crippen LogP contribution in [0.1, 0.15) is 62.6 Å². The van der Waals surface area contributed by atoms with Crippen molar-refractivity contribution in [3.05, 3.63) is 75.0 Å². The molecule has 1 fully saturated rings. The van der Waals surface area contributed by atoms with Gasteiger partial charge in [-0.15, -0.1) is 11.8 Å². The summed E-state index contributed by atoms with van der Waals surface area (Å²) in [6.07, 6.45) is 10.4. The zero-order chi connectivity index (χ0) is 32.1. The highest BCUT2D eigenvalue weighted by molar-refractivity contribution is 7.98. The number of rotatable bonds is 12. The number of fused-ring (bicyclic) bond motifs is 1. The van der Waals surface area contributed by atoms with Crippen molar-refractivity contribution in [3.8, 4) is 16.9 Å². The van der Waals surface area contributed by atoms with Crippen LogP contribution in [-0.2, 0) is 6.42 Å². The van der Waals surface area contributed by atoms with Crippen molar-refractivity contribution in [2.24, 2.45) is 22.2 Å². The zero-order valence-electron chi connectivity index (χ0n) is 25.8. The number of thioether (sulfide) groups is 1. The molecule has 45 heavy (non-hydrogen) atoms. The smallest absolute Gasteiger partial charge is 0.354 e. The van der Waals surface area contributed by atoms with Gasteiger partial charge in [-0.3, -0.25) is 9.56 Å². The Balaban J connectivity index is 1.40. The first-order chi connectivity index (χ1) is 21.7. The Bertz CT molecular complexity index is 1740. The van der Waals surface area contributed by atoms with E-state index in [0.717, 1.165) is 61.1 Å². The Hall–Kier alpha value is -3.22. The maximum atomic E-state index is 15.2. The molecule has 2 aromatic carbocycles. The largest absolute Gasteiger partial charge is 0.386 e. The van der Waals surface area contributed by atoms with Gasteiger partial charge in [-0.05, 0) is 93.2 Å². The molecule has 8 N–H and O–H groups in total. The number of H-pyrrole nitrogens is 1. The lowest BCUT2D eigenvalue weighted by atomic mass is 9.92. The molecule has 240 valence electrons. The van der Waals surface area contributed by atoms with Crippen molar-refractivity contribution < 1.29 is 4.39 Å². The number of benzene rings is 2. The number of hydrogen-bond acceptors (Lipinski definition) is 7. The first kappa shape index (κ1) is 33.2. The summed E-state index contributed by atoms with van der Waals surface area (Å²) in [7, 11) is 0. The summed E-state index contributed by atoms with van der Waals surface area (Å²) < 4.78 is 16.7. The van der Waals surface area contributed by atoms with Gasteiger partial charge in [0, 0.05) is 46.7 Å². The van der Waals surface area contributed by atoms with Crippen LogP contribution in [0.5, 0.6) is 0 Å². The summed E-state index contributed by atoms with van der Waals surface area (Å²) in [6.45, 7) is 2.90. The summed E-state index contributed by atoms with van der Waals surface area (Å²) in [6, 6.07) is 12.0. The minimum absolute atomic E-state index is 0.0581. The molecule has 0 radical (unpaired) electrons. The lowest BCUT2D eigenvalue weighted by Crippen LogP contribution is -2.37. The molecule has 3 atom stereocenters. The molecule has 0 spiro atoms. The number of amidine groups is 1. The van der Waals surface area contributed by atoms with Crippen LogP contribution in [0.25, 0.3) is 28.0 Å². The van der Waals surface area contributed by atoms with Gasteiger partial charge >= 0.3 is 5.69 Å². The second kappa shape index (κ2) is 14.9. The minimum atomic E-state index is -0.513. The van der Waals surface area contributed by atoms with Crippen molar-refractivity contribution in [2.75, 3.05) is 19.3 Å². The highest BCUT2D eigenvalue weighted by Crippen LogP contribution is 2.35. The number of aromatic amines is 1. The van der Waals surface area contributed by atoms with E-state index in [4.69, 9.17) is 28.8 Å². The number of nitrogens with one attached hydrogen (secondary N) is 2. The third-order valence-corrected chi connectivity index (χ3v) is 9.43. The molecule has 1 saturated heterocycles. The lowest BCUT2D eigenvalue weighted by molar-refractivity contribution is 0.312. The molecule has 12 heteroatoms. The fourth-order valence-electron chi connectivity index (χ4n) is 6.00. The number of piperidine rings is 1. The molecule has 9 nitrogen and oxygen atoms in total. The van der Waals surface area contributed by atoms with Gasteiger partial charge in [0.1, 0.15) is 11.5 Å². The van der Waals surface area contributed by atoms with E-state index in [-0.39, 0.29) is 23.7 Å². The van der Waals surface area contributed by atoms with E-state index < -0.39 is 11.5 Å². The fraction of sp³-hybridized carbons (Fsp3) is 0.424. The monoisotopic (exact) mass is 652 g/mol. The van der Waals surface area contributed by atoms with Crippen molar-refractivity contribution in [1.82, 2.24) is 19.9 Å². The topological polar surface area (TPSA) is 153 Å². The lowest BCUT2D eigenvalue weighted by Gasteiger charge is -2.32. The maximum absolute atomic E-state index is 15.2. The molecule has 0 unspecified atom stereocenters. The predicted octanol–water partition coefficient (Wildman–Crippen LogP) is 5.45. The molecule has 0 saturated carbocycles. The van der Waals surface area contributed by atoms with Gasteiger partial charge in [0.05, 0.1) is 22.9 Å². The van der Waals surface area contributed by atoms with Gasteiger partial charge in [-0.2, -0.15) is 4.98 Å². The summed E-state index contributed by atoms with van der Waals surface area (Å²) >= 11 is 7.93. The van der Waals surface area contributed by atoms with Gasteiger partial charge in [0.2, 0.25) is 0 Å². The molecule has 0 bridgehead atoms. The van der Waals surface area contributed by atoms with Crippen LogP contribution in [-0.4, -0.2) is 51.8 Å². The van der Waals surface area contributed by atoms with Gasteiger partial charge in [-0.1, -0.05) is 24.1 Å². The normalized spacial score (nSPS) is 18.0. The quantitative estimate of drug-likeness (QED) is 0.0774. The second-order valence-corrected chi connectivity index (χ2v) is 13.1. The van der Waals surface area contributed by atoms with E-state index in [0.29, 0.717) is 40.7 Å². The van der Waals surface area contributed by atoms with Crippen molar-refractivity contribution in [2.45, 2.75) is 74.9 Å². The number of aryl methyl sites for hydroxylation is 1. The minimum Gasteiger partial charge on any atom is -0.386 e. The van der Waals surface area contributed by atoms with Crippen LogP contribution in [0.3, 0.4) is 0 Å². The molecule has 2 aromatic heterocycles. The van der Waals surface area contributed by atoms with E-state index in [9.17, 15) is 4.79 Å². The molecule has 3 heterocycles. The molecule has 5 rings (SSSR count). The maximum Gasteiger partial charge on any atom is 0.354 e. The summed E-state index contributed by atoms with van der Waals surface area (Å²) in [5, 5.41) is 4.54. The average Bonchev–Trinajstić information content (AvgIpc) is 3.44. The Morgan fingerprint density at radius 1 is 1.27 bits per heavy atom. The molecule has 1 aliphatic rings. The van der Waals surface area contributed by atoms with Crippen molar-refractivity contribution in [3.63, 3.8) is 0 Å². The third-order valence-electron chi connectivity index (χ3n) is 8.37. The summed E-state index contributed by atoms with van der Waals surface area (Å²) in [4.78, 5) is 26.1. The van der Waals surface area contributed by atoms with E-state index >= 15 is 4.39 Å². The van der Waals surface area contributed by atoms with E-state index in [1.54, 1.807) is 36.2 Å². The van der Waals surface area contributed by atoms with Crippen LogP contribution >= 0.6 is 23.4 Å². The van der Waals surface area contributed by atoms with Crippen molar-refractivity contribution in [1.29, 1.82) is 0 Å². The molecular formula is C33H42ClFN8OS. The second-order valence-electron chi connectivity index (χ2n) is 11.8. The van der Waals surface area contributed by atoms with Gasteiger partial charge in [0.25, 0.3) is 0 Å². The number of nitrogens with two attached hydrogens (primary N) is 3. The van der Waals surface area contributed by atoms with E-state index in [1.165, 1.54) is 10.1 Å². The molecule has 0 amide bonds. The van der Waals surface area contributed by atoms with Crippen LogP contribution < -0.4 is 28.2 Å². The first-order valence-corrected chi connectivity index (χ1v) is 17.1. The first-order valence-electron chi connectivity index (χ1n) is 15.5. The van der Waals surface area contributed by atoms with Gasteiger partial charge in [-0.25, -0.2) is 9.18 Å². The van der Waals surface area contributed by atoms with Crippen LogP contribution in [0, 0.1) is 5.82 Å². The fourth-order valence-corrected chi connectivity index (χ4v) is 6.92. The van der Waals surface area contributed by atoms with Crippen LogP contribution in [0.2, 0.25) is 5.02 Å². The number of halogens is 2. The highest BCUT2D eigenvalue weighted by atomic mass is 35.5. The Kier molecular flexibility index (Phi) is 11.0. The SMILES string of the molecule is CSc1cc(-n2cc3cc(-c4cc(CCC[C@H](C)N)cc(Cl)c4F)[nH]c3nc2=O)ccc1[C@@H]1CCC[C@@H](CCN=C(N)CN)N1. The molecular weight excluding hydrogens is 611 g/mol. The number of nitrogens with zero attached hydrogens (tertiary/aromatic N) is 3. The Morgan fingerprint density at radius 3 is 2.84 bits per heavy atom. The van der Waals surface area contributed by atoms with Gasteiger partial charge < -0.3 is 27.5 Å². The zero-order valence-corrected chi connectivity index (χ0v) is 27.4. The molecule has 4 aromatic rings. The number of aromatic nitrogens is 3. The molecule has 1 aliphatic heterocycles. The third kappa shape index (κ3) is 7.96.